The van der Waals surface area contributed by atoms with E-state index in [1.54, 1.807) is 6.20 Å². The molecule has 0 spiro atoms. The molecule has 1 aromatic carbocycles. The van der Waals surface area contributed by atoms with Gasteiger partial charge >= 0.3 is 0 Å². The highest BCUT2D eigenvalue weighted by Crippen LogP contribution is 2.17. The third-order valence-corrected chi connectivity index (χ3v) is 2.66. The van der Waals surface area contributed by atoms with Crippen LogP contribution in [-0.2, 0) is 6.54 Å². The molecule has 4 heteroatoms. The van der Waals surface area contributed by atoms with E-state index in [0.29, 0.717) is 12.1 Å². The zero-order valence-corrected chi connectivity index (χ0v) is 10.4. The quantitative estimate of drug-likeness (QED) is 0.892. The van der Waals surface area contributed by atoms with Crippen molar-refractivity contribution in [2.45, 2.75) is 20.4 Å². The van der Waals surface area contributed by atoms with Gasteiger partial charge in [0.2, 0.25) is 0 Å². The predicted octanol–water partition coefficient (Wildman–Crippen LogP) is 2.58. The van der Waals surface area contributed by atoms with Gasteiger partial charge in [-0.15, -0.1) is 0 Å². The summed E-state index contributed by atoms with van der Waals surface area (Å²) in [6.45, 7) is 4.50. The van der Waals surface area contributed by atoms with Crippen LogP contribution in [0.1, 0.15) is 22.6 Å². The fourth-order valence-corrected chi connectivity index (χ4v) is 1.67. The van der Waals surface area contributed by atoms with E-state index in [1.807, 2.05) is 38.1 Å². The maximum absolute atomic E-state index is 8.88. The van der Waals surface area contributed by atoms with Crippen LogP contribution < -0.4 is 5.32 Å². The van der Waals surface area contributed by atoms with Crippen molar-refractivity contribution in [1.29, 1.82) is 5.26 Å². The van der Waals surface area contributed by atoms with Gasteiger partial charge in [0, 0.05) is 11.9 Å². The van der Waals surface area contributed by atoms with Crippen molar-refractivity contribution in [1.82, 2.24) is 9.97 Å². The Hall–Kier alpha value is -2.41. The van der Waals surface area contributed by atoms with Crippen LogP contribution in [0, 0.1) is 25.2 Å². The van der Waals surface area contributed by atoms with Crippen molar-refractivity contribution >= 4 is 5.69 Å². The number of aryl methyl sites for hydroxylation is 2. The minimum absolute atomic E-state index is 0.624. The lowest BCUT2D eigenvalue weighted by molar-refractivity contribution is 0.954. The number of nitrogens with zero attached hydrogens (tertiary/aromatic N) is 3. The molecule has 0 atom stereocenters. The molecule has 0 bridgehead atoms. The summed E-state index contributed by atoms with van der Waals surface area (Å²) in [5, 5.41) is 12.2. The molecule has 1 aromatic heterocycles. The van der Waals surface area contributed by atoms with E-state index in [-0.39, 0.29) is 0 Å². The molecule has 0 fully saturated rings. The van der Waals surface area contributed by atoms with Crippen molar-refractivity contribution in [2.75, 3.05) is 5.32 Å². The second-order valence-corrected chi connectivity index (χ2v) is 4.09. The highest BCUT2D eigenvalue weighted by molar-refractivity contribution is 5.55. The first-order valence-electron chi connectivity index (χ1n) is 5.72. The smallest absolute Gasteiger partial charge is 0.125 e. The Bertz CT molecular complexity index is 599. The lowest BCUT2D eigenvalue weighted by Gasteiger charge is -2.09. The Labute approximate surface area is 106 Å². The van der Waals surface area contributed by atoms with Gasteiger partial charge in [0.05, 0.1) is 23.9 Å². The number of nitriles is 1. The summed E-state index contributed by atoms with van der Waals surface area (Å²) in [7, 11) is 0. The Morgan fingerprint density at radius 3 is 2.83 bits per heavy atom. The molecule has 1 heterocycles. The molecule has 0 saturated carbocycles. The van der Waals surface area contributed by atoms with E-state index < -0.39 is 0 Å². The average Bonchev–Trinajstić information content (AvgIpc) is 2.38. The Morgan fingerprint density at radius 1 is 1.28 bits per heavy atom. The molecule has 0 aliphatic carbocycles. The summed E-state index contributed by atoms with van der Waals surface area (Å²) in [6.07, 6.45) is 1.75. The summed E-state index contributed by atoms with van der Waals surface area (Å²) in [4.78, 5) is 8.38. The Balaban J connectivity index is 2.13. The molecule has 0 aliphatic rings. The molecule has 0 radical (unpaired) electrons. The number of aromatic nitrogens is 2. The van der Waals surface area contributed by atoms with E-state index in [0.717, 1.165) is 22.8 Å². The van der Waals surface area contributed by atoms with Gasteiger partial charge in [-0.2, -0.15) is 5.26 Å². The molecular formula is C14H14N4. The minimum atomic E-state index is 0.624. The summed E-state index contributed by atoms with van der Waals surface area (Å²) in [5.74, 6) is 0.761. The Kier molecular flexibility index (Phi) is 3.54. The molecule has 0 amide bonds. The van der Waals surface area contributed by atoms with E-state index in [1.165, 1.54) is 0 Å². The van der Waals surface area contributed by atoms with Crippen molar-refractivity contribution in [3.63, 3.8) is 0 Å². The number of benzene rings is 1. The van der Waals surface area contributed by atoms with Gasteiger partial charge in [0.15, 0.2) is 0 Å². The van der Waals surface area contributed by atoms with Crippen molar-refractivity contribution in [2.24, 2.45) is 0 Å². The number of nitrogens with one attached hydrogen (secondary N) is 1. The van der Waals surface area contributed by atoms with Crippen molar-refractivity contribution in [3.05, 3.63) is 53.1 Å². The molecule has 0 aliphatic heterocycles. The highest BCUT2D eigenvalue weighted by atomic mass is 14.9. The first-order chi connectivity index (χ1) is 8.69. The average molecular weight is 238 g/mol. The maximum Gasteiger partial charge on any atom is 0.125 e. The first-order valence-corrected chi connectivity index (χ1v) is 5.72. The summed E-state index contributed by atoms with van der Waals surface area (Å²) in [5.41, 5.74) is 3.66. The van der Waals surface area contributed by atoms with Crippen LogP contribution in [0.4, 0.5) is 5.69 Å². The van der Waals surface area contributed by atoms with Gasteiger partial charge in [0.1, 0.15) is 5.82 Å². The summed E-state index contributed by atoms with van der Waals surface area (Å²) < 4.78 is 0. The standard InChI is InChI=1S/C14H14N4/c1-10-3-4-12(8-15)7-14(10)17-9-13-5-6-16-11(2)18-13/h3-7,17H,9H2,1-2H3. The molecule has 18 heavy (non-hydrogen) atoms. The fourth-order valence-electron chi connectivity index (χ4n) is 1.67. The zero-order chi connectivity index (χ0) is 13.0. The molecule has 1 N–H and O–H groups in total. The first kappa shape index (κ1) is 12.1. The van der Waals surface area contributed by atoms with Crippen LogP contribution in [-0.4, -0.2) is 9.97 Å². The molecular weight excluding hydrogens is 224 g/mol. The normalized spacial score (nSPS) is 9.83. The second kappa shape index (κ2) is 5.28. The number of hydrogen-bond acceptors (Lipinski definition) is 4. The lowest BCUT2D eigenvalue weighted by Crippen LogP contribution is -2.04. The monoisotopic (exact) mass is 238 g/mol. The number of rotatable bonds is 3. The van der Waals surface area contributed by atoms with E-state index >= 15 is 0 Å². The van der Waals surface area contributed by atoms with Gasteiger partial charge < -0.3 is 5.32 Å². The lowest BCUT2D eigenvalue weighted by atomic mass is 10.1. The second-order valence-electron chi connectivity index (χ2n) is 4.09. The van der Waals surface area contributed by atoms with E-state index in [2.05, 4.69) is 21.4 Å². The van der Waals surface area contributed by atoms with Gasteiger partial charge in [-0.05, 0) is 37.6 Å². The van der Waals surface area contributed by atoms with E-state index in [4.69, 9.17) is 5.26 Å². The van der Waals surface area contributed by atoms with Crippen LogP contribution >= 0.6 is 0 Å². The van der Waals surface area contributed by atoms with Gasteiger partial charge in [-0.1, -0.05) is 6.07 Å². The zero-order valence-electron chi connectivity index (χ0n) is 10.4. The molecule has 2 aromatic rings. The predicted molar refractivity (Wildman–Crippen MR) is 70.0 cm³/mol. The van der Waals surface area contributed by atoms with Crippen LogP contribution in [0.15, 0.2) is 30.5 Å². The minimum Gasteiger partial charge on any atom is -0.379 e. The number of anilines is 1. The van der Waals surface area contributed by atoms with Gasteiger partial charge in [-0.3, -0.25) is 0 Å². The van der Waals surface area contributed by atoms with E-state index in [9.17, 15) is 0 Å². The van der Waals surface area contributed by atoms with Crippen LogP contribution in [0.5, 0.6) is 0 Å². The fraction of sp³-hybridized carbons (Fsp3) is 0.214. The van der Waals surface area contributed by atoms with Crippen LogP contribution in [0.2, 0.25) is 0 Å². The molecule has 90 valence electrons. The molecule has 0 saturated heterocycles. The third-order valence-electron chi connectivity index (χ3n) is 2.66. The van der Waals surface area contributed by atoms with Gasteiger partial charge in [-0.25, -0.2) is 9.97 Å². The molecule has 4 nitrogen and oxygen atoms in total. The highest BCUT2D eigenvalue weighted by Gasteiger charge is 2.01. The summed E-state index contributed by atoms with van der Waals surface area (Å²) in [6, 6.07) is 9.62. The molecule has 0 unspecified atom stereocenters. The van der Waals surface area contributed by atoms with Crippen molar-refractivity contribution < 1.29 is 0 Å². The topological polar surface area (TPSA) is 61.6 Å². The third kappa shape index (κ3) is 2.83. The van der Waals surface area contributed by atoms with Crippen LogP contribution in [0.25, 0.3) is 0 Å². The number of hydrogen-bond donors (Lipinski definition) is 1. The largest absolute Gasteiger partial charge is 0.379 e. The summed E-state index contributed by atoms with van der Waals surface area (Å²) >= 11 is 0. The van der Waals surface area contributed by atoms with Gasteiger partial charge in [0.25, 0.3) is 0 Å². The SMILES string of the molecule is Cc1nccc(CNc2cc(C#N)ccc2C)n1. The maximum atomic E-state index is 8.88. The molecule has 2 rings (SSSR count). The van der Waals surface area contributed by atoms with Crippen molar-refractivity contribution in [3.8, 4) is 6.07 Å². The Morgan fingerprint density at radius 2 is 2.11 bits per heavy atom. The van der Waals surface area contributed by atoms with Crippen LogP contribution in [0.3, 0.4) is 0 Å².